The number of aryl methyl sites for hydroxylation is 1. The number of carbonyl (C=O) groups is 1. The maximum Gasteiger partial charge on any atom is 0.253 e. The molecule has 0 radical (unpaired) electrons. The van der Waals surface area contributed by atoms with Crippen LogP contribution in [0.1, 0.15) is 36.3 Å². The Morgan fingerprint density at radius 1 is 1.55 bits per heavy atom. The van der Waals surface area contributed by atoms with Crippen LogP contribution in [-0.2, 0) is 6.42 Å². The number of aromatic nitrogens is 1. The third-order valence-electron chi connectivity index (χ3n) is 3.00. The Balaban J connectivity index is 2.96. The number of nitrogens with zero attached hydrogens (tertiary/aromatic N) is 3. The molecule has 0 aliphatic heterocycles. The van der Waals surface area contributed by atoms with Gasteiger partial charge < -0.3 is 10.2 Å². The Labute approximate surface area is 120 Å². The van der Waals surface area contributed by atoms with Crippen LogP contribution in [0.3, 0.4) is 0 Å². The van der Waals surface area contributed by atoms with Crippen LogP contribution in [0, 0.1) is 17.2 Å². The second kappa shape index (κ2) is 7.49. The van der Waals surface area contributed by atoms with E-state index in [4.69, 9.17) is 5.26 Å². The van der Waals surface area contributed by atoms with Crippen molar-refractivity contribution >= 4 is 11.7 Å². The van der Waals surface area contributed by atoms with Crippen LogP contribution in [0.4, 0.5) is 5.82 Å². The van der Waals surface area contributed by atoms with Crippen molar-refractivity contribution in [1.29, 1.82) is 5.26 Å². The van der Waals surface area contributed by atoms with Crippen molar-refractivity contribution in [3.63, 3.8) is 0 Å². The Morgan fingerprint density at radius 2 is 2.25 bits per heavy atom. The molecule has 0 aromatic carbocycles. The average molecular weight is 274 g/mol. The summed E-state index contributed by atoms with van der Waals surface area (Å²) in [4.78, 5) is 18.4. The summed E-state index contributed by atoms with van der Waals surface area (Å²) < 4.78 is 0. The van der Waals surface area contributed by atoms with Crippen molar-refractivity contribution in [2.24, 2.45) is 5.92 Å². The molecule has 5 heteroatoms. The molecule has 0 fully saturated rings. The lowest BCUT2D eigenvalue weighted by molar-refractivity contribution is 0.0785. The Hall–Kier alpha value is -2.09. The maximum absolute atomic E-state index is 12.4. The van der Waals surface area contributed by atoms with Crippen LogP contribution >= 0.6 is 0 Å². The normalized spacial score (nSPS) is 11.6. The minimum atomic E-state index is -0.176. The summed E-state index contributed by atoms with van der Waals surface area (Å²) >= 11 is 0. The van der Waals surface area contributed by atoms with Gasteiger partial charge in [0.1, 0.15) is 5.82 Å². The van der Waals surface area contributed by atoms with Crippen molar-refractivity contribution < 1.29 is 4.79 Å². The second-order valence-electron chi connectivity index (χ2n) is 4.95. The summed E-state index contributed by atoms with van der Waals surface area (Å²) in [7, 11) is 3.50. The lowest BCUT2D eigenvalue weighted by atomic mass is 10.1. The summed E-state index contributed by atoms with van der Waals surface area (Å²) in [6.45, 7) is 4.31. The van der Waals surface area contributed by atoms with Gasteiger partial charge in [-0.1, -0.05) is 13.3 Å². The van der Waals surface area contributed by atoms with E-state index in [1.807, 2.05) is 6.07 Å². The minimum absolute atomic E-state index is 0.0802. The fraction of sp³-hybridized carbons (Fsp3) is 0.533. The summed E-state index contributed by atoms with van der Waals surface area (Å²) in [5, 5.41) is 11.8. The molecular weight excluding hydrogens is 252 g/mol. The average Bonchev–Trinajstić information content (AvgIpc) is 2.46. The first kappa shape index (κ1) is 16.0. The SMILES string of the molecule is CCCc1cc(C(=O)N(C)CC(C)C#N)cc(NC)n1. The molecule has 0 aliphatic carbocycles. The van der Waals surface area contributed by atoms with Gasteiger partial charge in [0.05, 0.1) is 12.0 Å². The van der Waals surface area contributed by atoms with Gasteiger partial charge in [-0.3, -0.25) is 4.79 Å². The molecule has 1 unspecified atom stereocenters. The number of rotatable bonds is 6. The maximum atomic E-state index is 12.4. The first-order chi connectivity index (χ1) is 9.51. The van der Waals surface area contributed by atoms with Gasteiger partial charge in [0.15, 0.2) is 0 Å². The number of anilines is 1. The first-order valence-corrected chi connectivity index (χ1v) is 6.85. The van der Waals surface area contributed by atoms with Gasteiger partial charge in [-0.05, 0) is 25.5 Å². The van der Waals surface area contributed by atoms with Gasteiger partial charge in [0, 0.05) is 31.9 Å². The smallest absolute Gasteiger partial charge is 0.253 e. The molecular formula is C15H22N4O. The van der Waals surface area contributed by atoms with Crippen LogP contribution in [0.25, 0.3) is 0 Å². The molecule has 1 rings (SSSR count). The molecule has 1 heterocycles. The van der Waals surface area contributed by atoms with Gasteiger partial charge in [0.25, 0.3) is 5.91 Å². The number of amides is 1. The van der Waals surface area contributed by atoms with E-state index in [1.54, 1.807) is 32.0 Å². The topological polar surface area (TPSA) is 69.0 Å². The number of pyridine rings is 1. The number of carbonyl (C=O) groups excluding carboxylic acids is 1. The molecule has 108 valence electrons. The highest BCUT2D eigenvalue weighted by molar-refractivity contribution is 5.94. The Bertz CT molecular complexity index is 507. The molecule has 1 atom stereocenters. The number of nitrogens with one attached hydrogen (secondary N) is 1. The summed E-state index contributed by atoms with van der Waals surface area (Å²) in [5.41, 5.74) is 1.52. The van der Waals surface area contributed by atoms with Crippen molar-refractivity contribution in [2.75, 3.05) is 26.0 Å². The standard InChI is InChI=1S/C15H22N4O/c1-5-6-13-7-12(8-14(17-3)18-13)15(20)19(4)10-11(2)9-16/h7-8,11H,5-6,10H2,1-4H3,(H,17,18). The summed E-state index contributed by atoms with van der Waals surface area (Å²) in [6.07, 6.45) is 1.82. The lowest BCUT2D eigenvalue weighted by Crippen LogP contribution is -2.30. The Morgan fingerprint density at radius 3 is 2.80 bits per heavy atom. The third kappa shape index (κ3) is 4.23. The highest BCUT2D eigenvalue weighted by Gasteiger charge is 2.16. The third-order valence-corrected chi connectivity index (χ3v) is 3.00. The van der Waals surface area contributed by atoms with Gasteiger partial charge in [0.2, 0.25) is 0 Å². The number of hydrogen-bond acceptors (Lipinski definition) is 4. The van der Waals surface area contributed by atoms with Crippen LogP contribution in [0.15, 0.2) is 12.1 Å². The summed E-state index contributed by atoms with van der Waals surface area (Å²) in [5.74, 6) is 0.439. The highest BCUT2D eigenvalue weighted by Crippen LogP contribution is 2.14. The van der Waals surface area contributed by atoms with E-state index in [2.05, 4.69) is 23.3 Å². The van der Waals surface area contributed by atoms with E-state index in [9.17, 15) is 4.79 Å². The van der Waals surface area contributed by atoms with E-state index >= 15 is 0 Å². The van der Waals surface area contributed by atoms with Crippen LogP contribution < -0.4 is 5.32 Å². The van der Waals surface area contributed by atoms with Gasteiger partial charge in [-0.15, -0.1) is 0 Å². The van der Waals surface area contributed by atoms with Gasteiger partial charge >= 0.3 is 0 Å². The monoisotopic (exact) mass is 274 g/mol. The van der Waals surface area contributed by atoms with Crippen molar-refractivity contribution in [1.82, 2.24) is 9.88 Å². The number of hydrogen-bond donors (Lipinski definition) is 1. The van der Waals surface area contributed by atoms with Crippen molar-refractivity contribution in [3.8, 4) is 6.07 Å². The quantitative estimate of drug-likeness (QED) is 0.864. The largest absolute Gasteiger partial charge is 0.373 e. The molecule has 1 N–H and O–H groups in total. The molecule has 5 nitrogen and oxygen atoms in total. The second-order valence-corrected chi connectivity index (χ2v) is 4.95. The van der Waals surface area contributed by atoms with Crippen LogP contribution in [0.2, 0.25) is 0 Å². The molecule has 0 saturated heterocycles. The van der Waals surface area contributed by atoms with E-state index in [1.165, 1.54) is 0 Å². The molecule has 0 saturated carbocycles. The van der Waals surface area contributed by atoms with Gasteiger partial charge in [-0.25, -0.2) is 4.98 Å². The number of nitriles is 1. The van der Waals surface area contributed by atoms with E-state index < -0.39 is 0 Å². The van der Waals surface area contributed by atoms with Crippen molar-refractivity contribution in [3.05, 3.63) is 23.4 Å². The Kier molecular flexibility index (Phi) is 5.98. The zero-order chi connectivity index (χ0) is 15.1. The molecule has 0 aliphatic rings. The molecule has 1 aromatic heterocycles. The van der Waals surface area contributed by atoms with E-state index in [0.717, 1.165) is 18.5 Å². The molecule has 1 aromatic rings. The molecule has 0 bridgehead atoms. The highest BCUT2D eigenvalue weighted by atomic mass is 16.2. The van der Waals surface area contributed by atoms with Crippen LogP contribution in [-0.4, -0.2) is 36.4 Å². The fourth-order valence-corrected chi connectivity index (χ4v) is 1.98. The van der Waals surface area contributed by atoms with Gasteiger partial charge in [-0.2, -0.15) is 5.26 Å². The zero-order valence-corrected chi connectivity index (χ0v) is 12.6. The lowest BCUT2D eigenvalue weighted by Gasteiger charge is -2.19. The molecule has 20 heavy (non-hydrogen) atoms. The first-order valence-electron chi connectivity index (χ1n) is 6.85. The molecule has 0 spiro atoms. The van der Waals surface area contributed by atoms with E-state index in [-0.39, 0.29) is 11.8 Å². The van der Waals surface area contributed by atoms with Crippen molar-refractivity contribution in [2.45, 2.75) is 26.7 Å². The predicted octanol–water partition coefficient (Wildman–Crippen LogP) is 2.31. The molecule has 1 amide bonds. The van der Waals surface area contributed by atoms with E-state index in [0.29, 0.717) is 17.9 Å². The summed E-state index contributed by atoms with van der Waals surface area (Å²) in [6, 6.07) is 5.72. The zero-order valence-electron chi connectivity index (χ0n) is 12.6. The fourth-order valence-electron chi connectivity index (χ4n) is 1.98. The minimum Gasteiger partial charge on any atom is -0.373 e. The van der Waals surface area contributed by atoms with Crippen LogP contribution in [0.5, 0.6) is 0 Å². The predicted molar refractivity (Wildman–Crippen MR) is 79.5 cm³/mol.